The van der Waals surface area contributed by atoms with E-state index in [1.54, 1.807) is 18.3 Å². The lowest BCUT2D eigenvalue weighted by atomic mass is 10.2. The summed E-state index contributed by atoms with van der Waals surface area (Å²) >= 11 is 0. The number of ether oxygens (including phenoxy) is 1. The first-order valence-corrected chi connectivity index (χ1v) is 8.53. The van der Waals surface area contributed by atoms with Crippen molar-refractivity contribution >= 4 is 5.82 Å². The summed E-state index contributed by atoms with van der Waals surface area (Å²) in [7, 11) is 0. The number of nitrogens with zero attached hydrogens (tertiary/aromatic N) is 3. The van der Waals surface area contributed by atoms with E-state index in [0.717, 1.165) is 18.8 Å². The van der Waals surface area contributed by atoms with Crippen molar-refractivity contribution in [2.75, 3.05) is 18.5 Å². The van der Waals surface area contributed by atoms with E-state index in [9.17, 15) is 4.39 Å². The van der Waals surface area contributed by atoms with Crippen LogP contribution in [-0.2, 0) is 4.74 Å². The highest BCUT2D eigenvalue weighted by Gasteiger charge is 2.11. The summed E-state index contributed by atoms with van der Waals surface area (Å²) in [6.07, 6.45) is 2.82. The standard InChI is InChI=1S/C19H21FN4O2/c1-13(2)25-10-4-9-21-17-8-7-15(12-22-17)19-23-18(24-26-19)14-5-3-6-16(20)11-14/h3,5-8,11-13H,4,9-10H2,1-2H3,(H,21,22). The second kappa shape index (κ2) is 8.53. The third kappa shape index (κ3) is 4.86. The predicted molar refractivity (Wildman–Crippen MR) is 97.1 cm³/mol. The van der Waals surface area contributed by atoms with Crippen LogP contribution >= 0.6 is 0 Å². The molecule has 0 radical (unpaired) electrons. The van der Waals surface area contributed by atoms with Gasteiger partial charge in [-0.25, -0.2) is 9.37 Å². The van der Waals surface area contributed by atoms with Gasteiger partial charge in [-0.05, 0) is 44.5 Å². The van der Waals surface area contributed by atoms with Gasteiger partial charge in [0, 0.05) is 24.9 Å². The number of aromatic nitrogens is 3. The molecule has 2 aromatic heterocycles. The molecule has 26 heavy (non-hydrogen) atoms. The minimum Gasteiger partial charge on any atom is -0.379 e. The number of benzene rings is 1. The Balaban J connectivity index is 1.59. The normalized spacial score (nSPS) is 11.1. The number of pyridine rings is 1. The van der Waals surface area contributed by atoms with Crippen LogP contribution in [0.5, 0.6) is 0 Å². The second-order valence-electron chi connectivity index (χ2n) is 6.07. The van der Waals surface area contributed by atoms with Crippen LogP contribution in [0, 0.1) is 5.82 Å². The molecule has 0 aliphatic rings. The summed E-state index contributed by atoms with van der Waals surface area (Å²) in [4.78, 5) is 8.65. The van der Waals surface area contributed by atoms with Gasteiger partial charge in [0.15, 0.2) is 0 Å². The molecule has 0 aliphatic heterocycles. The number of anilines is 1. The summed E-state index contributed by atoms with van der Waals surface area (Å²) in [6, 6.07) is 9.77. The number of hydrogen-bond acceptors (Lipinski definition) is 6. The monoisotopic (exact) mass is 356 g/mol. The Kier molecular flexibility index (Phi) is 5.91. The van der Waals surface area contributed by atoms with Gasteiger partial charge in [-0.3, -0.25) is 0 Å². The summed E-state index contributed by atoms with van der Waals surface area (Å²) < 4.78 is 24.1. The highest BCUT2D eigenvalue weighted by atomic mass is 19.1. The zero-order valence-corrected chi connectivity index (χ0v) is 14.8. The molecule has 1 aromatic carbocycles. The third-order valence-corrected chi connectivity index (χ3v) is 3.60. The van der Waals surface area contributed by atoms with Crippen molar-refractivity contribution in [3.05, 3.63) is 48.4 Å². The summed E-state index contributed by atoms with van der Waals surface area (Å²) in [5, 5.41) is 7.14. The molecule has 0 spiro atoms. The van der Waals surface area contributed by atoms with Crippen molar-refractivity contribution in [2.24, 2.45) is 0 Å². The first-order chi connectivity index (χ1) is 12.6. The minimum atomic E-state index is -0.343. The Morgan fingerprint density at radius 1 is 1.19 bits per heavy atom. The van der Waals surface area contributed by atoms with E-state index in [1.807, 2.05) is 26.0 Å². The first kappa shape index (κ1) is 18.0. The molecule has 136 valence electrons. The van der Waals surface area contributed by atoms with Crippen molar-refractivity contribution in [1.82, 2.24) is 15.1 Å². The minimum absolute atomic E-state index is 0.249. The van der Waals surface area contributed by atoms with E-state index < -0.39 is 0 Å². The summed E-state index contributed by atoms with van der Waals surface area (Å²) in [5.74, 6) is 1.11. The Bertz CT molecular complexity index is 834. The van der Waals surface area contributed by atoms with Crippen LogP contribution in [0.2, 0.25) is 0 Å². The lowest BCUT2D eigenvalue weighted by molar-refractivity contribution is 0.0787. The van der Waals surface area contributed by atoms with Crippen LogP contribution in [0.4, 0.5) is 10.2 Å². The van der Waals surface area contributed by atoms with Crippen LogP contribution in [0.15, 0.2) is 47.1 Å². The molecule has 6 nitrogen and oxygen atoms in total. The molecule has 3 aromatic rings. The van der Waals surface area contributed by atoms with Crippen molar-refractivity contribution in [1.29, 1.82) is 0 Å². The molecule has 3 rings (SSSR count). The summed E-state index contributed by atoms with van der Waals surface area (Å²) in [6.45, 7) is 5.53. The van der Waals surface area contributed by atoms with Crippen molar-refractivity contribution < 1.29 is 13.7 Å². The zero-order valence-electron chi connectivity index (χ0n) is 14.8. The van der Waals surface area contributed by atoms with Gasteiger partial charge < -0.3 is 14.6 Å². The van der Waals surface area contributed by atoms with Crippen molar-refractivity contribution in [3.63, 3.8) is 0 Å². The highest BCUT2D eigenvalue weighted by molar-refractivity contribution is 5.60. The Morgan fingerprint density at radius 3 is 2.81 bits per heavy atom. The van der Waals surface area contributed by atoms with Crippen LogP contribution in [-0.4, -0.2) is 34.4 Å². The fourth-order valence-corrected chi connectivity index (χ4v) is 2.32. The van der Waals surface area contributed by atoms with Crippen LogP contribution in [0.3, 0.4) is 0 Å². The highest BCUT2D eigenvalue weighted by Crippen LogP contribution is 2.22. The fraction of sp³-hybridized carbons (Fsp3) is 0.316. The van der Waals surface area contributed by atoms with Gasteiger partial charge in [-0.2, -0.15) is 4.98 Å². The first-order valence-electron chi connectivity index (χ1n) is 8.53. The number of hydrogen-bond donors (Lipinski definition) is 1. The molecule has 0 bridgehead atoms. The fourth-order valence-electron chi connectivity index (χ4n) is 2.32. The van der Waals surface area contributed by atoms with Gasteiger partial charge >= 0.3 is 0 Å². The van der Waals surface area contributed by atoms with E-state index in [1.165, 1.54) is 12.1 Å². The van der Waals surface area contributed by atoms with Crippen molar-refractivity contribution in [2.45, 2.75) is 26.4 Å². The van der Waals surface area contributed by atoms with Crippen LogP contribution in [0.25, 0.3) is 22.8 Å². The van der Waals surface area contributed by atoms with E-state index in [4.69, 9.17) is 9.26 Å². The van der Waals surface area contributed by atoms with Gasteiger partial charge in [0.2, 0.25) is 5.82 Å². The molecule has 0 atom stereocenters. The van der Waals surface area contributed by atoms with Crippen LogP contribution < -0.4 is 5.32 Å². The van der Waals surface area contributed by atoms with Gasteiger partial charge in [0.25, 0.3) is 5.89 Å². The SMILES string of the molecule is CC(C)OCCCNc1ccc(-c2nc(-c3cccc(F)c3)no2)cn1. The molecular formula is C19H21FN4O2. The van der Waals surface area contributed by atoms with Gasteiger partial charge in [-0.15, -0.1) is 0 Å². The molecular weight excluding hydrogens is 335 g/mol. The zero-order chi connectivity index (χ0) is 18.4. The quantitative estimate of drug-likeness (QED) is 0.611. The number of rotatable bonds is 8. The molecule has 0 saturated carbocycles. The number of nitrogens with one attached hydrogen (secondary N) is 1. The van der Waals surface area contributed by atoms with Gasteiger partial charge in [0.05, 0.1) is 11.7 Å². The average molecular weight is 356 g/mol. The molecule has 1 N–H and O–H groups in total. The van der Waals surface area contributed by atoms with E-state index in [0.29, 0.717) is 29.4 Å². The van der Waals surface area contributed by atoms with E-state index in [-0.39, 0.29) is 11.9 Å². The lowest BCUT2D eigenvalue weighted by Gasteiger charge is -2.08. The maximum Gasteiger partial charge on any atom is 0.259 e. The largest absolute Gasteiger partial charge is 0.379 e. The molecule has 2 heterocycles. The number of halogens is 1. The molecule has 0 saturated heterocycles. The van der Waals surface area contributed by atoms with Crippen molar-refractivity contribution in [3.8, 4) is 22.8 Å². The maximum absolute atomic E-state index is 13.3. The van der Waals surface area contributed by atoms with Gasteiger partial charge in [0.1, 0.15) is 11.6 Å². The topological polar surface area (TPSA) is 73.1 Å². The van der Waals surface area contributed by atoms with E-state index in [2.05, 4.69) is 20.4 Å². The smallest absolute Gasteiger partial charge is 0.259 e. The Morgan fingerprint density at radius 2 is 2.08 bits per heavy atom. The maximum atomic E-state index is 13.3. The molecule has 0 unspecified atom stereocenters. The second-order valence-corrected chi connectivity index (χ2v) is 6.07. The lowest BCUT2D eigenvalue weighted by Crippen LogP contribution is -2.09. The Hall–Kier alpha value is -2.80. The molecule has 0 amide bonds. The average Bonchev–Trinajstić information content (AvgIpc) is 3.12. The molecule has 0 aliphatic carbocycles. The van der Waals surface area contributed by atoms with Crippen LogP contribution in [0.1, 0.15) is 20.3 Å². The predicted octanol–water partition coefficient (Wildman–Crippen LogP) is 4.16. The van der Waals surface area contributed by atoms with Gasteiger partial charge in [-0.1, -0.05) is 17.3 Å². The molecule has 7 heteroatoms. The van der Waals surface area contributed by atoms with E-state index >= 15 is 0 Å². The third-order valence-electron chi connectivity index (χ3n) is 3.60. The molecule has 0 fully saturated rings. The Labute approximate surface area is 151 Å². The summed E-state index contributed by atoms with van der Waals surface area (Å²) in [5.41, 5.74) is 1.27.